The number of hydrogen-bond acceptors (Lipinski definition) is 3. The highest BCUT2D eigenvalue weighted by molar-refractivity contribution is 5.99. The van der Waals surface area contributed by atoms with E-state index in [1.807, 2.05) is 31.2 Å². The van der Waals surface area contributed by atoms with Gasteiger partial charge in [-0.15, -0.1) is 0 Å². The van der Waals surface area contributed by atoms with E-state index in [1.165, 1.54) is 5.56 Å². The van der Waals surface area contributed by atoms with Crippen LogP contribution in [0.15, 0.2) is 28.7 Å². The third-order valence-corrected chi connectivity index (χ3v) is 4.21. The number of carbonyl (C=O) groups is 1. The molecule has 0 radical (unpaired) electrons. The Hall–Kier alpha value is -1.61. The van der Waals surface area contributed by atoms with Crippen molar-refractivity contribution in [1.29, 1.82) is 0 Å². The second kappa shape index (κ2) is 4.82. The van der Waals surface area contributed by atoms with Gasteiger partial charge in [0.2, 0.25) is 5.78 Å². The highest BCUT2D eigenvalue weighted by Gasteiger charge is 2.33. The SMILES string of the molecule is Cc1ccc2oc(C(=O)C3CCCC3CN)cc2c1. The summed E-state index contributed by atoms with van der Waals surface area (Å²) >= 11 is 0. The third kappa shape index (κ3) is 2.19. The molecular formula is C16H19NO2. The molecule has 1 aliphatic rings. The number of carbonyl (C=O) groups excluding carboxylic acids is 1. The van der Waals surface area contributed by atoms with Crippen molar-refractivity contribution >= 4 is 16.8 Å². The van der Waals surface area contributed by atoms with Gasteiger partial charge >= 0.3 is 0 Å². The van der Waals surface area contributed by atoms with Crippen molar-refractivity contribution in [3.05, 3.63) is 35.6 Å². The van der Waals surface area contributed by atoms with Crippen molar-refractivity contribution in [2.45, 2.75) is 26.2 Å². The quantitative estimate of drug-likeness (QED) is 0.858. The monoisotopic (exact) mass is 257 g/mol. The lowest BCUT2D eigenvalue weighted by Gasteiger charge is -2.14. The van der Waals surface area contributed by atoms with E-state index in [0.717, 1.165) is 30.2 Å². The normalized spacial score (nSPS) is 23.1. The summed E-state index contributed by atoms with van der Waals surface area (Å²) in [5.74, 6) is 0.988. The van der Waals surface area contributed by atoms with E-state index >= 15 is 0 Å². The lowest BCUT2D eigenvalue weighted by atomic mass is 9.91. The molecule has 2 atom stereocenters. The number of fused-ring (bicyclic) bond motifs is 1. The van der Waals surface area contributed by atoms with E-state index in [1.54, 1.807) is 0 Å². The van der Waals surface area contributed by atoms with Crippen LogP contribution in [0.3, 0.4) is 0 Å². The van der Waals surface area contributed by atoms with E-state index in [2.05, 4.69) is 0 Å². The summed E-state index contributed by atoms with van der Waals surface area (Å²) in [5, 5.41) is 1.01. The molecule has 2 unspecified atom stereocenters. The van der Waals surface area contributed by atoms with E-state index < -0.39 is 0 Å². The van der Waals surface area contributed by atoms with Gasteiger partial charge < -0.3 is 10.2 Å². The van der Waals surface area contributed by atoms with Crippen molar-refractivity contribution < 1.29 is 9.21 Å². The zero-order chi connectivity index (χ0) is 13.4. The maximum absolute atomic E-state index is 12.5. The number of hydrogen-bond donors (Lipinski definition) is 1. The number of rotatable bonds is 3. The van der Waals surface area contributed by atoms with Gasteiger partial charge in [-0.3, -0.25) is 4.79 Å². The molecule has 3 nitrogen and oxygen atoms in total. The fourth-order valence-electron chi connectivity index (χ4n) is 3.13. The van der Waals surface area contributed by atoms with Crippen LogP contribution >= 0.6 is 0 Å². The first-order valence-electron chi connectivity index (χ1n) is 6.93. The third-order valence-electron chi connectivity index (χ3n) is 4.21. The van der Waals surface area contributed by atoms with Crippen LogP contribution in [0.4, 0.5) is 0 Å². The molecule has 1 aliphatic carbocycles. The van der Waals surface area contributed by atoms with Crippen LogP contribution < -0.4 is 5.73 Å². The molecule has 3 rings (SSSR count). The number of furan rings is 1. The number of aryl methyl sites for hydroxylation is 1. The molecule has 1 aromatic carbocycles. The van der Waals surface area contributed by atoms with Gasteiger partial charge in [-0.05, 0) is 50.4 Å². The van der Waals surface area contributed by atoms with Crippen LogP contribution in [0.2, 0.25) is 0 Å². The Morgan fingerprint density at radius 1 is 1.37 bits per heavy atom. The molecule has 0 saturated heterocycles. The standard InChI is InChI=1S/C16H19NO2/c1-10-5-6-14-12(7-10)8-15(19-14)16(18)13-4-2-3-11(13)9-17/h5-8,11,13H,2-4,9,17H2,1H3. The number of ketones is 1. The molecule has 1 saturated carbocycles. The minimum Gasteiger partial charge on any atom is -0.453 e. The van der Waals surface area contributed by atoms with Crippen molar-refractivity contribution in [3.63, 3.8) is 0 Å². The van der Waals surface area contributed by atoms with E-state index in [9.17, 15) is 4.79 Å². The van der Waals surface area contributed by atoms with Crippen molar-refractivity contribution in [3.8, 4) is 0 Å². The van der Waals surface area contributed by atoms with Gasteiger partial charge in [0.1, 0.15) is 5.58 Å². The van der Waals surface area contributed by atoms with Crippen LogP contribution in [0, 0.1) is 18.8 Å². The van der Waals surface area contributed by atoms with Gasteiger partial charge in [0, 0.05) is 11.3 Å². The first-order chi connectivity index (χ1) is 9.19. The second-order valence-electron chi connectivity index (χ2n) is 5.55. The Labute approximate surface area is 112 Å². The molecule has 2 N–H and O–H groups in total. The summed E-state index contributed by atoms with van der Waals surface area (Å²) in [6, 6.07) is 7.84. The zero-order valence-corrected chi connectivity index (χ0v) is 11.2. The molecule has 100 valence electrons. The molecule has 0 amide bonds. The van der Waals surface area contributed by atoms with Crippen LogP contribution in [0.1, 0.15) is 35.4 Å². The van der Waals surface area contributed by atoms with Gasteiger partial charge in [0.05, 0.1) is 0 Å². The Morgan fingerprint density at radius 2 is 2.21 bits per heavy atom. The number of Topliss-reactive ketones (excluding diaryl/α,β-unsaturated/α-hetero) is 1. The average Bonchev–Trinajstić information content (AvgIpc) is 3.03. The molecule has 0 aliphatic heterocycles. The van der Waals surface area contributed by atoms with Gasteiger partial charge in [0.15, 0.2) is 5.76 Å². The summed E-state index contributed by atoms with van der Waals surface area (Å²) in [4.78, 5) is 12.5. The van der Waals surface area contributed by atoms with Gasteiger partial charge in [-0.25, -0.2) is 0 Å². The Kier molecular flexibility index (Phi) is 3.15. The maximum atomic E-state index is 12.5. The lowest BCUT2D eigenvalue weighted by Crippen LogP contribution is -2.24. The smallest absolute Gasteiger partial charge is 0.201 e. The topological polar surface area (TPSA) is 56.2 Å². The molecule has 19 heavy (non-hydrogen) atoms. The summed E-state index contributed by atoms with van der Waals surface area (Å²) in [6.07, 6.45) is 3.10. The molecule has 2 aromatic rings. The average molecular weight is 257 g/mol. The molecule has 3 heteroatoms. The van der Waals surface area contributed by atoms with Crippen LogP contribution in [-0.2, 0) is 0 Å². The van der Waals surface area contributed by atoms with Gasteiger partial charge in [-0.2, -0.15) is 0 Å². The molecule has 0 bridgehead atoms. The number of nitrogens with two attached hydrogens (primary N) is 1. The van der Waals surface area contributed by atoms with Crippen LogP contribution in [0.5, 0.6) is 0 Å². The Morgan fingerprint density at radius 3 is 3.00 bits per heavy atom. The number of benzene rings is 1. The van der Waals surface area contributed by atoms with E-state index in [-0.39, 0.29) is 11.7 Å². The van der Waals surface area contributed by atoms with Gasteiger partial charge in [0.25, 0.3) is 0 Å². The zero-order valence-electron chi connectivity index (χ0n) is 11.2. The Bertz CT molecular complexity index is 614. The van der Waals surface area contributed by atoms with E-state index in [0.29, 0.717) is 18.2 Å². The maximum Gasteiger partial charge on any atom is 0.201 e. The first-order valence-corrected chi connectivity index (χ1v) is 6.93. The van der Waals surface area contributed by atoms with Crippen molar-refractivity contribution in [1.82, 2.24) is 0 Å². The van der Waals surface area contributed by atoms with Crippen LogP contribution in [-0.4, -0.2) is 12.3 Å². The summed E-state index contributed by atoms with van der Waals surface area (Å²) in [6.45, 7) is 2.63. The highest BCUT2D eigenvalue weighted by atomic mass is 16.3. The minimum absolute atomic E-state index is 0.0478. The van der Waals surface area contributed by atoms with Crippen molar-refractivity contribution in [2.24, 2.45) is 17.6 Å². The largest absolute Gasteiger partial charge is 0.453 e. The first kappa shape index (κ1) is 12.4. The fraction of sp³-hybridized carbons (Fsp3) is 0.438. The van der Waals surface area contributed by atoms with E-state index in [4.69, 9.17) is 10.2 Å². The second-order valence-corrected chi connectivity index (χ2v) is 5.55. The highest BCUT2D eigenvalue weighted by Crippen LogP contribution is 2.34. The Balaban J connectivity index is 1.93. The van der Waals surface area contributed by atoms with Gasteiger partial charge in [-0.1, -0.05) is 18.1 Å². The fourth-order valence-corrected chi connectivity index (χ4v) is 3.13. The molecule has 1 heterocycles. The predicted molar refractivity (Wildman–Crippen MR) is 75.2 cm³/mol. The van der Waals surface area contributed by atoms with Crippen LogP contribution in [0.25, 0.3) is 11.0 Å². The summed E-state index contributed by atoms with van der Waals surface area (Å²) < 4.78 is 5.70. The minimum atomic E-state index is 0.0478. The molecular weight excluding hydrogens is 238 g/mol. The predicted octanol–water partition coefficient (Wildman–Crippen LogP) is 3.30. The molecule has 1 aromatic heterocycles. The molecule has 0 spiro atoms. The van der Waals surface area contributed by atoms with Crippen molar-refractivity contribution in [2.75, 3.05) is 6.54 Å². The summed E-state index contributed by atoms with van der Waals surface area (Å²) in [7, 11) is 0. The molecule has 1 fully saturated rings. The lowest BCUT2D eigenvalue weighted by molar-refractivity contribution is 0.0867. The summed E-state index contributed by atoms with van der Waals surface area (Å²) in [5.41, 5.74) is 7.71.